The zero-order chi connectivity index (χ0) is 29.0. The number of fused-ring (bicyclic) bond motifs is 1. The summed E-state index contributed by atoms with van der Waals surface area (Å²) in [5.74, 6) is 0.469. The lowest BCUT2D eigenvalue weighted by atomic mass is 10.1. The molecule has 4 rings (SSSR count). The van der Waals surface area contributed by atoms with Crippen LogP contribution in [0, 0.1) is 13.8 Å². The first kappa shape index (κ1) is 29.0. The third kappa shape index (κ3) is 6.59. The van der Waals surface area contributed by atoms with Crippen molar-refractivity contribution in [1.82, 2.24) is 9.55 Å². The van der Waals surface area contributed by atoms with E-state index in [0.29, 0.717) is 33.4 Å². The molecule has 0 aliphatic carbocycles. The van der Waals surface area contributed by atoms with E-state index in [1.54, 1.807) is 12.1 Å². The smallest absolute Gasteiger partial charge is 0.416 e. The number of benzene rings is 3. The van der Waals surface area contributed by atoms with Crippen LogP contribution >= 0.6 is 11.8 Å². The van der Waals surface area contributed by atoms with Gasteiger partial charge < -0.3 is 14.8 Å². The summed E-state index contributed by atoms with van der Waals surface area (Å²) in [7, 11) is 2.93. The summed E-state index contributed by atoms with van der Waals surface area (Å²) >= 11 is 1.10. The monoisotopic (exact) mass is 571 g/mol. The number of methoxy groups -OCH3 is 2. The quantitative estimate of drug-likeness (QED) is 0.195. The third-order valence-electron chi connectivity index (χ3n) is 6.32. The van der Waals surface area contributed by atoms with Gasteiger partial charge in [-0.1, -0.05) is 41.6 Å². The first-order valence-electron chi connectivity index (χ1n) is 12.3. The molecular weight excluding hydrogens is 543 g/mol. The molecule has 1 amide bonds. The number of hydrogen-bond donors (Lipinski definition) is 1. The second-order valence-corrected chi connectivity index (χ2v) is 10.1. The number of aryl methyl sites for hydroxylation is 3. The highest BCUT2D eigenvalue weighted by Gasteiger charge is 2.30. The Balaban J connectivity index is 1.64. The van der Waals surface area contributed by atoms with Gasteiger partial charge >= 0.3 is 6.18 Å². The van der Waals surface area contributed by atoms with Gasteiger partial charge in [-0.15, -0.1) is 0 Å². The minimum absolute atomic E-state index is 0.0150. The van der Waals surface area contributed by atoms with E-state index in [4.69, 9.17) is 9.47 Å². The van der Waals surface area contributed by atoms with E-state index in [9.17, 15) is 22.8 Å². The van der Waals surface area contributed by atoms with Crippen molar-refractivity contribution in [3.05, 3.63) is 87.2 Å². The Morgan fingerprint density at radius 1 is 1.00 bits per heavy atom. The van der Waals surface area contributed by atoms with E-state index < -0.39 is 11.7 Å². The molecule has 0 saturated carbocycles. The number of thioether (sulfide) groups is 1. The number of nitrogens with zero attached hydrogens (tertiary/aromatic N) is 2. The first-order chi connectivity index (χ1) is 19.0. The molecule has 40 heavy (non-hydrogen) atoms. The lowest BCUT2D eigenvalue weighted by Crippen LogP contribution is -2.25. The van der Waals surface area contributed by atoms with Crippen molar-refractivity contribution in [2.24, 2.45) is 0 Å². The van der Waals surface area contributed by atoms with Gasteiger partial charge in [0.25, 0.3) is 5.56 Å². The number of alkyl halides is 3. The lowest BCUT2D eigenvalue weighted by molar-refractivity contribution is -0.137. The van der Waals surface area contributed by atoms with Gasteiger partial charge in [-0.2, -0.15) is 13.2 Å². The Kier molecular flexibility index (Phi) is 8.73. The molecule has 7 nitrogen and oxygen atoms in total. The second kappa shape index (κ2) is 12.0. The minimum atomic E-state index is -4.43. The molecule has 210 valence electrons. The summed E-state index contributed by atoms with van der Waals surface area (Å²) < 4.78 is 51.0. The maximum atomic E-state index is 13.6. The number of carbonyl (C=O) groups is 1. The molecule has 0 atom stereocenters. The van der Waals surface area contributed by atoms with Crippen molar-refractivity contribution in [2.75, 3.05) is 25.3 Å². The fourth-order valence-electron chi connectivity index (χ4n) is 4.21. The van der Waals surface area contributed by atoms with Crippen LogP contribution in [0.1, 0.15) is 22.3 Å². The predicted molar refractivity (Wildman–Crippen MR) is 150 cm³/mol. The van der Waals surface area contributed by atoms with E-state index in [2.05, 4.69) is 10.3 Å². The van der Waals surface area contributed by atoms with Gasteiger partial charge in [-0.25, -0.2) is 4.98 Å². The molecule has 0 fully saturated rings. The van der Waals surface area contributed by atoms with Gasteiger partial charge in [0.15, 0.2) is 16.7 Å². The molecule has 0 radical (unpaired) electrons. The molecule has 0 unspecified atom stereocenters. The topological polar surface area (TPSA) is 82.5 Å². The van der Waals surface area contributed by atoms with Crippen LogP contribution in [-0.4, -0.2) is 35.4 Å². The maximum Gasteiger partial charge on any atom is 0.416 e. The normalized spacial score (nSPS) is 11.5. The standard InChI is InChI=1S/C29H28F3N3O4S/c1-17-5-10-22(18(2)13-17)33-26(36)16-40-28-34-23-15-25(39-4)24(38-3)14-21(23)27(37)35(28)12-11-19-6-8-20(9-7-19)29(30,31)32/h5-10,13-15H,11-12,16H2,1-4H3,(H,33,36). The highest BCUT2D eigenvalue weighted by Crippen LogP contribution is 2.32. The van der Waals surface area contributed by atoms with Crippen LogP contribution in [0.4, 0.5) is 18.9 Å². The molecule has 11 heteroatoms. The number of ether oxygens (including phenoxy) is 2. The molecule has 0 spiro atoms. The molecule has 0 bridgehead atoms. The van der Waals surface area contributed by atoms with Gasteiger partial charge in [0.05, 0.1) is 36.4 Å². The maximum absolute atomic E-state index is 13.6. The van der Waals surface area contributed by atoms with Crippen molar-refractivity contribution in [1.29, 1.82) is 0 Å². The van der Waals surface area contributed by atoms with Gasteiger partial charge in [0, 0.05) is 18.3 Å². The first-order valence-corrected chi connectivity index (χ1v) is 13.3. The fourth-order valence-corrected chi connectivity index (χ4v) is 5.03. The zero-order valence-corrected chi connectivity index (χ0v) is 23.2. The van der Waals surface area contributed by atoms with E-state index >= 15 is 0 Å². The van der Waals surface area contributed by atoms with E-state index in [1.165, 1.54) is 30.9 Å². The number of anilines is 1. The number of halogens is 3. The summed E-state index contributed by atoms with van der Waals surface area (Å²) in [4.78, 5) is 31.0. The number of carbonyl (C=O) groups excluding carboxylic acids is 1. The molecule has 1 heterocycles. The van der Waals surface area contributed by atoms with Crippen molar-refractivity contribution >= 4 is 34.3 Å². The van der Waals surface area contributed by atoms with E-state index in [1.807, 2.05) is 32.0 Å². The molecular formula is C29H28F3N3O4S. The highest BCUT2D eigenvalue weighted by molar-refractivity contribution is 7.99. The summed E-state index contributed by atoms with van der Waals surface area (Å²) in [5, 5.41) is 3.47. The Morgan fingerprint density at radius 3 is 2.30 bits per heavy atom. The van der Waals surface area contributed by atoms with Gasteiger partial charge in [0.2, 0.25) is 5.91 Å². The van der Waals surface area contributed by atoms with Gasteiger partial charge in [-0.05, 0) is 55.7 Å². The number of hydrogen-bond acceptors (Lipinski definition) is 6. The minimum Gasteiger partial charge on any atom is -0.493 e. The largest absolute Gasteiger partial charge is 0.493 e. The number of aromatic nitrogens is 2. The fraction of sp³-hybridized carbons (Fsp3) is 0.276. The molecule has 3 aromatic carbocycles. The SMILES string of the molecule is COc1cc2nc(SCC(=O)Nc3ccc(C)cc3C)n(CCc3ccc(C(F)(F)F)cc3)c(=O)c2cc1OC. The van der Waals surface area contributed by atoms with Crippen molar-refractivity contribution < 1.29 is 27.4 Å². The third-order valence-corrected chi connectivity index (χ3v) is 7.29. The van der Waals surface area contributed by atoms with Crippen LogP contribution < -0.4 is 20.3 Å². The average molecular weight is 572 g/mol. The lowest BCUT2D eigenvalue weighted by Gasteiger charge is -2.15. The van der Waals surface area contributed by atoms with Crippen molar-refractivity contribution in [3.63, 3.8) is 0 Å². The van der Waals surface area contributed by atoms with Crippen LogP contribution in [0.15, 0.2) is 64.5 Å². The highest BCUT2D eigenvalue weighted by atomic mass is 32.2. The Bertz CT molecular complexity index is 1600. The van der Waals surface area contributed by atoms with Crippen molar-refractivity contribution in [3.8, 4) is 11.5 Å². The van der Waals surface area contributed by atoms with Crippen LogP contribution in [0.5, 0.6) is 11.5 Å². The number of nitrogens with one attached hydrogen (secondary N) is 1. The van der Waals surface area contributed by atoms with Crippen LogP contribution in [-0.2, 0) is 23.9 Å². The van der Waals surface area contributed by atoms with Crippen LogP contribution in [0.25, 0.3) is 10.9 Å². The van der Waals surface area contributed by atoms with E-state index in [0.717, 1.165) is 35.0 Å². The summed E-state index contributed by atoms with van der Waals surface area (Å²) in [6, 6.07) is 13.6. The predicted octanol–water partition coefficient (Wildman–Crippen LogP) is 6.02. The zero-order valence-electron chi connectivity index (χ0n) is 22.4. The Morgan fingerprint density at radius 2 is 1.68 bits per heavy atom. The summed E-state index contributed by atoms with van der Waals surface area (Å²) in [5.41, 5.74) is 2.58. The van der Waals surface area contributed by atoms with Gasteiger partial charge in [0.1, 0.15) is 0 Å². The molecule has 4 aromatic rings. The molecule has 0 saturated heterocycles. The van der Waals surface area contributed by atoms with Crippen molar-refractivity contribution in [2.45, 2.75) is 38.1 Å². The number of amides is 1. The Labute approximate surface area is 233 Å². The van der Waals surface area contributed by atoms with Crippen LogP contribution in [0.2, 0.25) is 0 Å². The van der Waals surface area contributed by atoms with Gasteiger partial charge in [-0.3, -0.25) is 14.2 Å². The summed E-state index contributed by atoms with van der Waals surface area (Å²) in [6.45, 7) is 4.01. The Hall–Kier alpha value is -3.99. The second-order valence-electron chi connectivity index (χ2n) is 9.18. The number of rotatable bonds is 9. The molecule has 1 aromatic heterocycles. The van der Waals surface area contributed by atoms with E-state index in [-0.39, 0.29) is 35.6 Å². The average Bonchev–Trinajstić information content (AvgIpc) is 2.92. The molecule has 0 aliphatic heterocycles. The molecule has 1 N–H and O–H groups in total. The summed E-state index contributed by atoms with van der Waals surface area (Å²) in [6.07, 6.45) is -4.15. The van der Waals surface area contributed by atoms with Crippen LogP contribution in [0.3, 0.4) is 0 Å². The molecule has 0 aliphatic rings.